The molecule has 1 N–H and O–H groups in total. The summed E-state index contributed by atoms with van der Waals surface area (Å²) in [6, 6.07) is 6.17. The molecule has 2 atom stereocenters. The molecule has 0 saturated heterocycles. The molecule has 0 amide bonds. The molecule has 1 saturated carbocycles. The average molecular weight is 338 g/mol. The van der Waals surface area contributed by atoms with Gasteiger partial charge in [-0.15, -0.1) is 0 Å². The summed E-state index contributed by atoms with van der Waals surface area (Å²) in [6.45, 7) is 0. The summed E-state index contributed by atoms with van der Waals surface area (Å²) >= 11 is 0. The number of allylic oxidation sites excluding steroid dienone is 2. The minimum absolute atomic E-state index is 0.0112. The lowest BCUT2D eigenvalue weighted by Gasteiger charge is -2.31. The number of fused-ring (bicyclic) bond motifs is 1. The first-order chi connectivity index (χ1) is 11.3. The van der Waals surface area contributed by atoms with Gasteiger partial charge in [0, 0.05) is 16.7 Å². The van der Waals surface area contributed by atoms with Gasteiger partial charge in [-0.05, 0) is 25.2 Å². The molecule has 1 fully saturated rings. The van der Waals surface area contributed by atoms with Crippen LogP contribution in [0.15, 0.2) is 35.6 Å². The molecule has 2 aliphatic carbocycles. The first-order valence-corrected chi connectivity index (χ1v) is 7.96. The SMILES string of the molecule is O=C1C(O)=C(CC2CCCC(C(F)(F)F)C2)C(=O)c2ccccc21. The molecule has 2 unspecified atom stereocenters. The van der Waals surface area contributed by atoms with Crippen molar-refractivity contribution < 1.29 is 27.9 Å². The Morgan fingerprint density at radius 1 is 1.04 bits per heavy atom. The standard InChI is InChI=1S/C18H17F3O3/c19-18(20,21)11-5-3-4-10(8-11)9-14-15(22)12-6-1-2-7-13(12)16(23)17(14)24/h1-2,6-7,10-11,24H,3-5,8-9H2. The van der Waals surface area contributed by atoms with Gasteiger partial charge in [-0.25, -0.2) is 0 Å². The second kappa shape index (κ2) is 6.07. The largest absolute Gasteiger partial charge is 0.504 e. The normalized spacial score (nSPS) is 25.0. The molecule has 0 aliphatic heterocycles. The number of hydrogen-bond donors (Lipinski definition) is 1. The molecule has 0 radical (unpaired) electrons. The van der Waals surface area contributed by atoms with Gasteiger partial charge in [0.1, 0.15) is 0 Å². The van der Waals surface area contributed by atoms with Crippen molar-refractivity contribution in [3.63, 3.8) is 0 Å². The molecule has 128 valence electrons. The van der Waals surface area contributed by atoms with Gasteiger partial charge < -0.3 is 5.11 Å². The average Bonchev–Trinajstić information content (AvgIpc) is 2.56. The fourth-order valence-electron chi connectivity index (χ4n) is 3.67. The molecule has 2 aliphatic rings. The van der Waals surface area contributed by atoms with Crippen molar-refractivity contribution in [1.82, 2.24) is 0 Å². The highest BCUT2D eigenvalue weighted by atomic mass is 19.4. The van der Waals surface area contributed by atoms with Crippen LogP contribution in [0, 0.1) is 11.8 Å². The van der Waals surface area contributed by atoms with Gasteiger partial charge in [0.25, 0.3) is 0 Å². The van der Waals surface area contributed by atoms with Crippen LogP contribution < -0.4 is 0 Å². The van der Waals surface area contributed by atoms with E-state index in [1.165, 1.54) is 12.1 Å². The number of aliphatic hydroxyl groups is 1. The van der Waals surface area contributed by atoms with E-state index in [-0.39, 0.29) is 41.9 Å². The molecule has 0 heterocycles. The molecule has 0 aromatic heterocycles. The Morgan fingerprint density at radius 3 is 2.29 bits per heavy atom. The maximum atomic E-state index is 12.9. The molecule has 0 bridgehead atoms. The Hall–Kier alpha value is -2.11. The zero-order valence-electron chi connectivity index (χ0n) is 12.9. The van der Waals surface area contributed by atoms with Crippen molar-refractivity contribution in [3.05, 3.63) is 46.7 Å². The number of hydrogen-bond acceptors (Lipinski definition) is 3. The van der Waals surface area contributed by atoms with Crippen LogP contribution in [0.1, 0.15) is 52.8 Å². The van der Waals surface area contributed by atoms with E-state index in [1.807, 2.05) is 0 Å². The Balaban J connectivity index is 1.84. The molecule has 1 aromatic rings. The number of Topliss-reactive ketones (excluding diaryl/α,β-unsaturated/α-hetero) is 2. The Labute approximate surface area is 137 Å². The van der Waals surface area contributed by atoms with Crippen LogP contribution in [-0.4, -0.2) is 22.8 Å². The third kappa shape index (κ3) is 2.97. The number of ketones is 2. The summed E-state index contributed by atoms with van der Waals surface area (Å²) in [6.07, 6.45) is -3.20. The number of rotatable bonds is 2. The third-order valence-corrected chi connectivity index (χ3v) is 4.93. The van der Waals surface area contributed by atoms with Crippen molar-refractivity contribution in [3.8, 4) is 0 Å². The maximum absolute atomic E-state index is 12.9. The number of alkyl halides is 3. The minimum atomic E-state index is -4.24. The van der Waals surface area contributed by atoms with Crippen LogP contribution in [-0.2, 0) is 0 Å². The summed E-state index contributed by atoms with van der Waals surface area (Å²) in [5.41, 5.74) is 0.297. The maximum Gasteiger partial charge on any atom is 0.391 e. The first kappa shape index (κ1) is 16.7. The second-order valence-corrected chi connectivity index (χ2v) is 6.51. The second-order valence-electron chi connectivity index (χ2n) is 6.51. The number of carbonyl (C=O) groups excluding carboxylic acids is 2. The fraction of sp³-hybridized carbons (Fsp3) is 0.444. The number of benzene rings is 1. The molecule has 1 aromatic carbocycles. The Morgan fingerprint density at radius 2 is 1.67 bits per heavy atom. The van der Waals surface area contributed by atoms with E-state index in [9.17, 15) is 27.9 Å². The molecule has 24 heavy (non-hydrogen) atoms. The van der Waals surface area contributed by atoms with E-state index in [0.29, 0.717) is 12.8 Å². The van der Waals surface area contributed by atoms with Crippen LogP contribution in [0.2, 0.25) is 0 Å². The van der Waals surface area contributed by atoms with Gasteiger partial charge in [0.05, 0.1) is 5.92 Å². The fourth-order valence-corrected chi connectivity index (χ4v) is 3.67. The molecule has 0 spiro atoms. The molecule has 3 rings (SSSR count). The predicted molar refractivity (Wildman–Crippen MR) is 80.9 cm³/mol. The summed E-state index contributed by atoms with van der Waals surface area (Å²) in [4.78, 5) is 24.7. The van der Waals surface area contributed by atoms with E-state index < -0.39 is 29.4 Å². The van der Waals surface area contributed by atoms with Gasteiger partial charge in [-0.2, -0.15) is 13.2 Å². The highest BCUT2D eigenvalue weighted by molar-refractivity contribution is 6.25. The monoisotopic (exact) mass is 338 g/mol. The molecular formula is C18H17F3O3. The van der Waals surface area contributed by atoms with Crippen LogP contribution >= 0.6 is 0 Å². The number of halogens is 3. The lowest BCUT2D eigenvalue weighted by atomic mass is 9.75. The zero-order chi connectivity index (χ0) is 17.5. The van der Waals surface area contributed by atoms with Crippen LogP contribution in [0.25, 0.3) is 0 Å². The van der Waals surface area contributed by atoms with Crippen LogP contribution in [0.4, 0.5) is 13.2 Å². The van der Waals surface area contributed by atoms with Crippen molar-refractivity contribution in [2.24, 2.45) is 11.8 Å². The van der Waals surface area contributed by atoms with Gasteiger partial charge in [-0.3, -0.25) is 9.59 Å². The summed E-state index contributed by atoms with van der Waals surface area (Å²) in [5, 5.41) is 10.1. The highest BCUT2D eigenvalue weighted by Gasteiger charge is 2.43. The summed E-state index contributed by atoms with van der Waals surface area (Å²) in [7, 11) is 0. The van der Waals surface area contributed by atoms with Crippen molar-refractivity contribution in [1.29, 1.82) is 0 Å². The highest BCUT2D eigenvalue weighted by Crippen LogP contribution is 2.42. The minimum Gasteiger partial charge on any atom is -0.504 e. The first-order valence-electron chi connectivity index (χ1n) is 7.96. The van der Waals surface area contributed by atoms with E-state index >= 15 is 0 Å². The van der Waals surface area contributed by atoms with Crippen molar-refractivity contribution in [2.75, 3.05) is 0 Å². The van der Waals surface area contributed by atoms with Gasteiger partial charge >= 0.3 is 6.18 Å². The Bertz CT molecular complexity index is 718. The smallest absolute Gasteiger partial charge is 0.391 e. The summed E-state index contributed by atoms with van der Waals surface area (Å²) in [5.74, 6) is -3.45. The summed E-state index contributed by atoms with van der Waals surface area (Å²) < 4.78 is 38.8. The lowest BCUT2D eigenvalue weighted by molar-refractivity contribution is -0.185. The number of carbonyl (C=O) groups is 2. The number of aliphatic hydroxyl groups excluding tert-OH is 1. The lowest BCUT2D eigenvalue weighted by Crippen LogP contribution is -2.30. The van der Waals surface area contributed by atoms with E-state index in [0.717, 1.165) is 0 Å². The van der Waals surface area contributed by atoms with Crippen LogP contribution in [0.5, 0.6) is 0 Å². The van der Waals surface area contributed by atoms with Gasteiger partial charge in [0.15, 0.2) is 11.5 Å². The molecule has 6 heteroatoms. The van der Waals surface area contributed by atoms with Crippen molar-refractivity contribution in [2.45, 2.75) is 38.3 Å². The zero-order valence-corrected chi connectivity index (χ0v) is 12.9. The molecule has 3 nitrogen and oxygen atoms in total. The third-order valence-electron chi connectivity index (χ3n) is 4.93. The quantitative estimate of drug-likeness (QED) is 0.855. The van der Waals surface area contributed by atoms with Crippen LogP contribution in [0.3, 0.4) is 0 Å². The van der Waals surface area contributed by atoms with Gasteiger partial charge in [-0.1, -0.05) is 37.1 Å². The van der Waals surface area contributed by atoms with E-state index in [1.54, 1.807) is 12.1 Å². The van der Waals surface area contributed by atoms with E-state index in [4.69, 9.17) is 0 Å². The topological polar surface area (TPSA) is 54.4 Å². The van der Waals surface area contributed by atoms with Crippen molar-refractivity contribution >= 4 is 11.6 Å². The predicted octanol–water partition coefficient (Wildman–Crippen LogP) is 4.64. The van der Waals surface area contributed by atoms with E-state index in [2.05, 4.69) is 0 Å². The Kier molecular flexibility index (Phi) is 4.24. The molecular weight excluding hydrogens is 321 g/mol. The van der Waals surface area contributed by atoms with Gasteiger partial charge in [0.2, 0.25) is 5.78 Å².